The molecule has 162 valence electrons. The summed E-state index contributed by atoms with van der Waals surface area (Å²) in [6.45, 7) is 1.48. The lowest BCUT2D eigenvalue weighted by atomic mass is 10.1. The molecule has 31 heavy (non-hydrogen) atoms. The molecule has 0 bridgehead atoms. The second kappa shape index (κ2) is 8.16. The van der Waals surface area contributed by atoms with Gasteiger partial charge in [-0.15, -0.1) is 0 Å². The maximum atomic E-state index is 12.8. The zero-order valence-corrected chi connectivity index (χ0v) is 17.9. The van der Waals surface area contributed by atoms with Crippen LogP contribution in [-0.2, 0) is 14.8 Å². The van der Waals surface area contributed by atoms with Crippen LogP contribution in [0.2, 0.25) is 0 Å². The highest BCUT2D eigenvalue weighted by atomic mass is 32.2. The average Bonchev–Trinajstić information content (AvgIpc) is 3.46. The van der Waals surface area contributed by atoms with Gasteiger partial charge in [0.05, 0.1) is 12.7 Å². The van der Waals surface area contributed by atoms with Crippen LogP contribution < -0.4 is 9.46 Å². The number of methoxy groups -OCH3 is 1. The van der Waals surface area contributed by atoms with E-state index in [9.17, 15) is 18.0 Å². The third-order valence-corrected chi connectivity index (χ3v) is 6.64. The molecule has 8 nitrogen and oxygen atoms in total. The van der Waals surface area contributed by atoms with Crippen molar-refractivity contribution in [2.75, 3.05) is 7.11 Å². The van der Waals surface area contributed by atoms with Crippen LogP contribution in [0.4, 0.5) is 0 Å². The number of aromatic nitrogens is 1. The fourth-order valence-corrected chi connectivity index (χ4v) is 4.77. The molecule has 0 unspecified atom stereocenters. The van der Waals surface area contributed by atoms with Crippen LogP contribution >= 0.6 is 0 Å². The van der Waals surface area contributed by atoms with Crippen molar-refractivity contribution in [3.63, 3.8) is 0 Å². The van der Waals surface area contributed by atoms with Gasteiger partial charge in [0.15, 0.2) is 6.10 Å². The highest BCUT2D eigenvalue weighted by Gasteiger charge is 2.31. The van der Waals surface area contributed by atoms with Crippen molar-refractivity contribution in [1.82, 2.24) is 9.71 Å². The first-order chi connectivity index (χ1) is 14.8. The topological polar surface area (TPSA) is 115 Å². The third-order valence-electron chi connectivity index (χ3n) is 5.10. The first kappa shape index (κ1) is 21.1. The first-order valence-electron chi connectivity index (χ1n) is 9.82. The number of sulfonamides is 1. The van der Waals surface area contributed by atoms with E-state index in [0.717, 1.165) is 23.7 Å². The summed E-state index contributed by atoms with van der Waals surface area (Å²) in [5, 5.41) is 0.736. The Hall–Kier alpha value is -3.17. The van der Waals surface area contributed by atoms with Crippen molar-refractivity contribution in [2.45, 2.75) is 36.8 Å². The molecule has 0 aliphatic heterocycles. The minimum Gasteiger partial charge on any atom is -0.495 e. The number of nitrogens with one attached hydrogen (secondary N) is 2. The van der Waals surface area contributed by atoms with Gasteiger partial charge in [0.1, 0.15) is 10.6 Å². The number of H-pyrrole nitrogens is 1. The van der Waals surface area contributed by atoms with E-state index in [-0.39, 0.29) is 28.0 Å². The summed E-state index contributed by atoms with van der Waals surface area (Å²) in [5.74, 6) is -1.04. The molecular weight excluding hydrogens is 420 g/mol. The Morgan fingerprint density at radius 2 is 1.90 bits per heavy atom. The molecule has 2 N–H and O–H groups in total. The molecule has 1 aliphatic rings. The molecule has 0 saturated heterocycles. The van der Waals surface area contributed by atoms with Gasteiger partial charge in [0.2, 0.25) is 15.8 Å². The lowest BCUT2D eigenvalue weighted by molar-refractivity contribution is 0.0319. The second-order valence-corrected chi connectivity index (χ2v) is 9.10. The Morgan fingerprint density at radius 1 is 1.16 bits per heavy atom. The van der Waals surface area contributed by atoms with Crippen LogP contribution in [0.3, 0.4) is 0 Å². The predicted octanol–water partition coefficient (Wildman–Crippen LogP) is 3.05. The first-order valence-corrected chi connectivity index (χ1v) is 11.3. The molecule has 0 radical (unpaired) electrons. The van der Waals surface area contributed by atoms with Crippen LogP contribution in [0.1, 0.15) is 40.5 Å². The van der Waals surface area contributed by atoms with Crippen molar-refractivity contribution < 1.29 is 27.5 Å². The molecule has 1 saturated carbocycles. The number of benzene rings is 2. The summed E-state index contributed by atoms with van der Waals surface area (Å²) in [7, 11) is -2.50. The van der Waals surface area contributed by atoms with E-state index in [1.54, 1.807) is 12.3 Å². The lowest BCUT2D eigenvalue weighted by Crippen LogP contribution is -2.27. The van der Waals surface area contributed by atoms with Crippen LogP contribution in [0.25, 0.3) is 10.9 Å². The molecule has 1 aromatic heterocycles. The van der Waals surface area contributed by atoms with Crippen molar-refractivity contribution >= 4 is 32.7 Å². The number of fused-ring (bicyclic) bond motifs is 1. The smallest absolute Gasteiger partial charge is 0.338 e. The van der Waals surface area contributed by atoms with Gasteiger partial charge in [0.25, 0.3) is 0 Å². The number of ketones is 1. The summed E-state index contributed by atoms with van der Waals surface area (Å²) in [5.41, 5.74) is 1.23. The van der Waals surface area contributed by atoms with Crippen LogP contribution in [-0.4, -0.2) is 44.4 Å². The molecular formula is C22H22N2O6S. The minimum atomic E-state index is -3.85. The van der Waals surface area contributed by atoms with Crippen LogP contribution in [0.15, 0.2) is 53.6 Å². The molecule has 2 aromatic carbocycles. The van der Waals surface area contributed by atoms with E-state index in [2.05, 4.69) is 9.71 Å². The summed E-state index contributed by atoms with van der Waals surface area (Å²) < 4.78 is 38.4. The SMILES string of the molecule is COc1ccc(C(=O)O[C@H](C)C(=O)c2c[nH]c3ccccc23)cc1S(=O)(=O)NC1CC1. The summed E-state index contributed by atoms with van der Waals surface area (Å²) in [6.07, 6.45) is 2.07. The van der Waals surface area contributed by atoms with E-state index >= 15 is 0 Å². The van der Waals surface area contributed by atoms with Gasteiger partial charge in [-0.3, -0.25) is 4.79 Å². The van der Waals surface area contributed by atoms with E-state index in [0.29, 0.717) is 5.56 Å². The number of esters is 1. The van der Waals surface area contributed by atoms with Gasteiger partial charge in [-0.1, -0.05) is 18.2 Å². The van der Waals surface area contributed by atoms with E-state index in [4.69, 9.17) is 9.47 Å². The normalized spacial score (nSPS) is 14.9. The van der Waals surface area contributed by atoms with Crippen molar-refractivity contribution in [3.05, 3.63) is 59.8 Å². The number of hydrogen-bond donors (Lipinski definition) is 2. The molecule has 4 rings (SSSR count). The highest BCUT2D eigenvalue weighted by molar-refractivity contribution is 7.89. The zero-order valence-electron chi connectivity index (χ0n) is 17.0. The van der Waals surface area contributed by atoms with Crippen LogP contribution in [0, 0.1) is 0 Å². The Morgan fingerprint density at radius 3 is 2.61 bits per heavy atom. The summed E-state index contributed by atoms with van der Waals surface area (Å²) >= 11 is 0. The number of carbonyl (C=O) groups is 2. The zero-order chi connectivity index (χ0) is 22.2. The van der Waals surface area contributed by atoms with Crippen molar-refractivity contribution in [1.29, 1.82) is 0 Å². The maximum Gasteiger partial charge on any atom is 0.338 e. The number of aromatic amines is 1. The number of carbonyl (C=O) groups excluding carboxylic acids is 2. The highest BCUT2D eigenvalue weighted by Crippen LogP contribution is 2.29. The van der Waals surface area contributed by atoms with Crippen molar-refractivity contribution in [3.8, 4) is 5.75 Å². The quantitative estimate of drug-likeness (QED) is 0.409. The Labute approximate surface area is 179 Å². The number of para-hydroxylation sites is 1. The molecule has 1 fully saturated rings. The van der Waals surface area contributed by atoms with Gasteiger partial charge in [-0.05, 0) is 44.0 Å². The van der Waals surface area contributed by atoms with Crippen LogP contribution in [0.5, 0.6) is 5.75 Å². The molecule has 3 aromatic rings. The van der Waals surface area contributed by atoms with E-state index in [1.165, 1.54) is 32.2 Å². The van der Waals surface area contributed by atoms with Gasteiger partial charge < -0.3 is 14.5 Å². The molecule has 1 atom stereocenters. The Bertz CT molecular complexity index is 1260. The van der Waals surface area contributed by atoms with Gasteiger partial charge >= 0.3 is 5.97 Å². The standard InChI is InChI=1S/C22H22N2O6S/c1-13(21(25)17-12-23-18-6-4-3-5-16(17)18)30-22(26)14-7-10-19(29-2)20(11-14)31(27,28)24-15-8-9-15/h3-7,10-13,15,23-24H,8-9H2,1-2H3/t13-/m1/s1. The Balaban J connectivity index is 1.55. The Kier molecular flexibility index (Phi) is 5.55. The number of ether oxygens (including phenoxy) is 2. The van der Waals surface area contributed by atoms with E-state index in [1.807, 2.05) is 18.2 Å². The second-order valence-electron chi connectivity index (χ2n) is 7.42. The summed E-state index contributed by atoms with van der Waals surface area (Å²) in [4.78, 5) is 28.4. The molecule has 0 spiro atoms. The van der Waals surface area contributed by atoms with Gasteiger partial charge in [-0.25, -0.2) is 17.9 Å². The fraction of sp³-hybridized carbons (Fsp3) is 0.273. The molecule has 9 heteroatoms. The summed E-state index contributed by atoms with van der Waals surface area (Å²) in [6, 6.07) is 11.2. The van der Waals surface area contributed by atoms with Crippen molar-refractivity contribution in [2.24, 2.45) is 0 Å². The lowest BCUT2D eigenvalue weighted by Gasteiger charge is -2.14. The number of rotatable bonds is 8. The van der Waals surface area contributed by atoms with Gasteiger partial charge in [-0.2, -0.15) is 0 Å². The molecule has 0 amide bonds. The minimum absolute atomic E-state index is 0.00977. The fourth-order valence-electron chi connectivity index (χ4n) is 3.27. The largest absolute Gasteiger partial charge is 0.495 e. The monoisotopic (exact) mass is 442 g/mol. The number of hydrogen-bond acceptors (Lipinski definition) is 6. The van der Waals surface area contributed by atoms with E-state index < -0.39 is 22.1 Å². The number of Topliss-reactive ketones (excluding diaryl/α,β-unsaturated/α-hetero) is 1. The maximum absolute atomic E-state index is 12.8. The van der Waals surface area contributed by atoms with Gasteiger partial charge in [0, 0.05) is 28.7 Å². The average molecular weight is 442 g/mol. The predicted molar refractivity (Wildman–Crippen MR) is 114 cm³/mol. The molecule has 1 heterocycles. The third kappa shape index (κ3) is 4.33. The molecule has 1 aliphatic carbocycles.